The third-order valence-corrected chi connectivity index (χ3v) is 11.3. The van der Waals surface area contributed by atoms with E-state index in [1.54, 1.807) is 0 Å². The van der Waals surface area contributed by atoms with E-state index in [4.69, 9.17) is 22.1 Å². The van der Waals surface area contributed by atoms with Gasteiger partial charge in [-0.1, -0.05) is 86.1 Å². The van der Waals surface area contributed by atoms with Gasteiger partial charge in [0.25, 0.3) is 0 Å². The summed E-state index contributed by atoms with van der Waals surface area (Å²) in [4.78, 5) is 28.9. The van der Waals surface area contributed by atoms with Gasteiger partial charge in [0.05, 0.1) is 24.7 Å². The van der Waals surface area contributed by atoms with Gasteiger partial charge in [-0.3, -0.25) is 4.79 Å². The molecule has 0 aliphatic heterocycles. The highest BCUT2D eigenvalue weighted by Gasteiger charge is 2.44. The molecular weight excluding hydrogens is 650 g/mol. The topological polar surface area (TPSA) is 130 Å². The van der Waals surface area contributed by atoms with Gasteiger partial charge in [-0.2, -0.15) is 4.31 Å². The van der Waals surface area contributed by atoms with E-state index >= 15 is 0 Å². The van der Waals surface area contributed by atoms with Crippen molar-refractivity contribution in [3.8, 4) is 0 Å². The van der Waals surface area contributed by atoms with Gasteiger partial charge in [0.15, 0.2) is 0 Å². The second kappa shape index (κ2) is 17.4. The van der Waals surface area contributed by atoms with Crippen LogP contribution in [-0.2, 0) is 19.6 Å². The lowest BCUT2D eigenvalue weighted by molar-refractivity contribution is -0.133. The minimum absolute atomic E-state index is 0.0783. The first-order valence-corrected chi connectivity index (χ1v) is 18.5. The third-order valence-electron chi connectivity index (χ3n) is 9.07. The number of amides is 2. The van der Waals surface area contributed by atoms with E-state index in [0.717, 1.165) is 24.0 Å². The van der Waals surface area contributed by atoms with Crippen LogP contribution in [0.4, 0.5) is 4.79 Å². The molecule has 1 aliphatic rings. The van der Waals surface area contributed by atoms with E-state index in [0.29, 0.717) is 30.7 Å². The van der Waals surface area contributed by atoms with Crippen LogP contribution in [0.15, 0.2) is 89.8 Å². The number of methoxy groups -OCH3 is 1. The number of hydrogen-bond donors (Lipinski definition) is 2. The molecule has 4 rings (SSSR count). The summed E-state index contributed by atoms with van der Waals surface area (Å²) in [5, 5.41) is 10.9. The molecule has 0 heterocycles. The van der Waals surface area contributed by atoms with Crippen molar-refractivity contribution in [3.05, 3.63) is 101 Å². The van der Waals surface area contributed by atoms with Crippen LogP contribution >= 0.6 is 11.6 Å². The molecule has 0 bridgehead atoms. The molecule has 3 atom stereocenters. The molecule has 48 heavy (non-hydrogen) atoms. The van der Waals surface area contributed by atoms with Crippen molar-refractivity contribution in [2.45, 2.75) is 81.3 Å². The number of ether oxygens (including phenoxy) is 1. The normalized spacial score (nSPS) is 15.4. The molecule has 3 N–H and O–H groups in total. The average molecular weight is 698 g/mol. The first-order valence-electron chi connectivity index (χ1n) is 16.6. The van der Waals surface area contributed by atoms with Crippen molar-refractivity contribution in [1.29, 1.82) is 0 Å². The molecule has 0 saturated heterocycles. The maximum atomic E-state index is 14.3. The highest BCUT2D eigenvalue weighted by atomic mass is 35.5. The van der Waals surface area contributed by atoms with E-state index in [1.165, 1.54) is 40.6 Å². The number of halogens is 1. The largest absolute Gasteiger partial charge is 0.452 e. The van der Waals surface area contributed by atoms with Crippen LogP contribution in [0.1, 0.15) is 69.4 Å². The molecule has 0 spiro atoms. The van der Waals surface area contributed by atoms with Crippen molar-refractivity contribution < 1.29 is 27.9 Å². The van der Waals surface area contributed by atoms with Crippen molar-refractivity contribution in [2.24, 2.45) is 17.6 Å². The Kier molecular flexibility index (Phi) is 13.6. The average Bonchev–Trinajstić information content (AvgIpc) is 3.93. The van der Waals surface area contributed by atoms with Gasteiger partial charge in [0.2, 0.25) is 15.9 Å². The summed E-state index contributed by atoms with van der Waals surface area (Å²) in [6, 6.07) is 22.8. The van der Waals surface area contributed by atoms with Crippen molar-refractivity contribution >= 4 is 33.6 Å². The standard InChI is InChI=1S/C37H48ClN3O6S/c1-26(2)23-24-40(48(45,46)32-21-19-30(38)20-22-32)31(25-42)15-10-16-33(27-17-18-27)41(37(44)47-3)36(43)35(39)34(28-11-6-4-7-12-28)29-13-8-5-9-14-29/h4-9,11-14,19-22,26-27,31,33-35,42H,10,15-18,23-25,39H2,1-3H3/t31-,33+,35-/m0/s1. The minimum Gasteiger partial charge on any atom is -0.452 e. The van der Waals surface area contributed by atoms with E-state index in [1.807, 2.05) is 74.5 Å². The molecule has 0 aromatic heterocycles. The van der Waals surface area contributed by atoms with Crippen LogP contribution in [0.5, 0.6) is 0 Å². The lowest BCUT2D eigenvalue weighted by atomic mass is 9.84. The number of aliphatic hydroxyl groups is 1. The number of carbonyl (C=O) groups excluding carboxylic acids is 2. The summed E-state index contributed by atoms with van der Waals surface area (Å²) in [5.41, 5.74) is 8.48. The summed E-state index contributed by atoms with van der Waals surface area (Å²) >= 11 is 6.02. The van der Waals surface area contributed by atoms with E-state index < -0.39 is 46.1 Å². The number of nitrogens with two attached hydrogens (primary N) is 1. The molecule has 260 valence electrons. The number of nitrogens with zero attached hydrogens (tertiary/aromatic N) is 2. The molecule has 9 nitrogen and oxygen atoms in total. The highest BCUT2D eigenvalue weighted by molar-refractivity contribution is 7.89. The van der Waals surface area contributed by atoms with Gasteiger partial charge >= 0.3 is 6.09 Å². The summed E-state index contributed by atoms with van der Waals surface area (Å²) < 4.78 is 34.2. The Morgan fingerprint density at radius 1 is 0.917 bits per heavy atom. The van der Waals surface area contributed by atoms with E-state index in [-0.39, 0.29) is 29.9 Å². The van der Waals surface area contributed by atoms with Gasteiger partial charge in [-0.05, 0) is 85.8 Å². The summed E-state index contributed by atoms with van der Waals surface area (Å²) in [7, 11) is -2.69. The van der Waals surface area contributed by atoms with Crippen LogP contribution in [0.25, 0.3) is 0 Å². The molecule has 2 amide bonds. The Hall–Kier alpha value is -3.28. The zero-order valence-electron chi connectivity index (χ0n) is 28.0. The number of aliphatic hydroxyl groups excluding tert-OH is 1. The fourth-order valence-corrected chi connectivity index (χ4v) is 8.08. The number of sulfonamides is 1. The Morgan fingerprint density at radius 3 is 1.96 bits per heavy atom. The quantitative estimate of drug-likeness (QED) is 0.166. The summed E-state index contributed by atoms with van der Waals surface area (Å²) in [5.74, 6) is -0.710. The molecule has 3 aromatic rings. The van der Waals surface area contributed by atoms with Gasteiger partial charge in [-0.25, -0.2) is 18.1 Å². The maximum absolute atomic E-state index is 14.3. The first-order chi connectivity index (χ1) is 23.0. The predicted octanol–water partition coefficient (Wildman–Crippen LogP) is 6.44. The molecule has 3 aromatic carbocycles. The zero-order valence-corrected chi connectivity index (χ0v) is 29.5. The Balaban J connectivity index is 1.57. The van der Waals surface area contributed by atoms with Crippen molar-refractivity contribution in [1.82, 2.24) is 9.21 Å². The van der Waals surface area contributed by atoms with Crippen molar-refractivity contribution in [3.63, 3.8) is 0 Å². The summed E-state index contributed by atoms with van der Waals surface area (Å²) in [6.07, 6.45) is 2.73. The molecule has 1 aliphatic carbocycles. The van der Waals surface area contributed by atoms with Gasteiger partial charge in [0, 0.05) is 29.6 Å². The lowest BCUT2D eigenvalue weighted by Crippen LogP contribution is -2.54. The lowest BCUT2D eigenvalue weighted by Gasteiger charge is -2.34. The van der Waals surface area contributed by atoms with Gasteiger partial charge in [0.1, 0.15) is 0 Å². The first kappa shape index (κ1) is 37.5. The van der Waals surface area contributed by atoms with Gasteiger partial charge < -0.3 is 15.6 Å². The second-order valence-corrected chi connectivity index (χ2v) is 15.3. The number of imide groups is 1. The van der Waals surface area contributed by atoms with Crippen LogP contribution in [-0.4, -0.2) is 73.1 Å². The SMILES string of the molecule is COC(=O)N(C(=O)[C@@H](N)C(c1ccccc1)c1ccccc1)[C@H](CCC[C@@H](CO)N(CCC(C)C)S(=O)(=O)c1ccc(Cl)cc1)C1CC1. The number of benzene rings is 3. The van der Waals surface area contributed by atoms with Crippen LogP contribution in [0, 0.1) is 11.8 Å². The highest BCUT2D eigenvalue weighted by Crippen LogP contribution is 2.39. The fraction of sp³-hybridized carbons (Fsp3) is 0.459. The van der Waals surface area contributed by atoms with Gasteiger partial charge in [-0.15, -0.1) is 0 Å². The monoisotopic (exact) mass is 697 g/mol. The number of rotatable bonds is 17. The predicted molar refractivity (Wildman–Crippen MR) is 188 cm³/mol. The third kappa shape index (κ3) is 9.45. The van der Waals surface area contributed by atoms with Crippen LogP contribution in [0.3, 0.4) is 0 Å². The zero-order chi connectivity index (χ0) is 34.8. The molecule has 0 radical (unpaired) electrons. The molecule has 1 saturated carbocycles. The second-order valence-electron chi connectivity index (χ2n) is 12.9. The fourth-order valence-electron chi connectivity index (χ4n) is 6.29. The molecule has 1 fully saturated rings. The van der Waals surface area contributed by atoms with Crippen LogP contribution < -0.4 is 5.73 Å². The maximum Gasteiger partial charge on any atom is 0.416 e. The number of carbonyl (C=O) groups is 2. The van der Waals surface area contributed by atoms with Crippen molar-refractivity contribution in [2.75, 3.05) is 20.3 Å². The summed E-state index contributed by atoms with van der Waals surface area (Å²) in [6.45, 7) is 3.90. The Bertz CT molecular complexity index is 1530. The molecular formula is C37H48ClN3O6S. The minimum atomic E-state index is -3.94. The Morgan fingerprint density at radius 2 is 1.48 bits per heavy atom. The number of hydrogen-bond acceptors (Lipinski definition) is 7. The smallest absolute Gasteiger partial charge is 0.416 e. The van der Waals surface area contributed by atoms with E-state index in [2.05, 4.69) is 0 Å². The molecule has 11 heteroatoms. The molecule has 0 unspecified atom stereocenters. The van der Waals surface area contributed by atoms with E-state index in [9.17, 15) is 23.1 Å². The van der Waals surface area contributed by atoms with Crippen LogP contribution in [0.2, 0.25) is 5.02 Å². The Labute approximate surface area is 290 Å².